The third-order valence-corrected chi connectivity index (χ3v) is 1.06. The number of benzene rings is 1. The Labute approximate surface area is 46.4 Å². The molecule has 8 heavy (non-hydrogen) atoms. The summed E-state index contributed by atoms with van der Waals surface area (Å²) in [5.74, 6) is 0. The summed E-state index contributed by atoms with van der Waals surface area (Å²) in [4.78, 5) is 0. The molecule has 0 radical (unpaired) electrons. The minimum atomic E-state index is 0. The molecule has 2 aromatic heterocycles. The van der Waals surface area contributed by atoms with Gasteiger partial charge in [0.25, 0.3) is 0 Å². The van der Waals surface area contributed by atoms with Crippen LogP contribution in [0.1, 0.15) is 0 Å². The molecule has 2 heteroatoms. The molecule has 2 N–H and O–H groups in total. The first-order valence-corrected chi connectivity index (χ1v) is 2.23. The molecule has 0 spiro atoms. The second kappa shape index (κ2) is 1.49. The van der Waals surface area contributed by atoms with E-state index in [9.17, 15) is 0 Å². The van der Waals surface area contributed by atoms with Crippen LogP contribution in [0.4, 0.5) is 0 Å². The SMILES string of the molecule is O.c1cc2ccc1o2. The zero-order valence-corrected chi connectivity index (χ0v) is 4.22. The summed E-state index contributed by atoms with van der Waals surface area (Å²) in [6, 6.07) is 7.81. The summed E-state index contributed by atoms with van der Waals surface area (Å²) in [6.45, 7) is 0. The first-order chi connectivity index (χ1) is 3.45. The third kappa shape index (κ3) is 0.468. The van der Waals surface area contributed by atoms with Crippen LogP contribution in [0.25, 0.3) is 11.2 Å². The Morgan fingerprint density at radius 1 is 0.875 bits per heavy atom. The van der Waals surface area contributed by atoms with E-state index in [-0.39, 0.29) is 5.48 Å². The number of rotatable bonds is 0. The smallest absolute Gasteiger partial charge is 0.127 e. The van der Waals surface area contributed by atoms with Crippen LogP contribution in [0.5, 0.6) is 0 Å². The van der Waals surface area contributed by atoms with Gasteiger partial charge in [0.05, 0.1) is 0 Å². The molecule has 0 amide bonds. The molecule has 2 heterocycles. The summed E-state index contributed by atoms with van der Waals surface area (Å²) in [7, 11) is 0. The predicted octanol–water partition coefficient (Wildman–Crippen LogP) is 1.05. The summed E-state index contributed by atoms with van der Waals surface area (Å²) < 4.78 is 5.08. The van der Waals surface area contributed by atoms with Crippen LogP contribution in [0.15, 0.2) is 28.7 Å². The molecule has 0 saturated carbocycles. The second-order valence-corrected chi connectivity index (χ2v) is 1.57. The monoisotopic (exact) mass is 110 g/mol. The van der Waals surface area contributed by atoms with E-state index in [1.54, 1.807) is 0 Å². The van der Waals surface area contributed by atoms with E-state index in [0.717, 1.165) is 11.2 Å². The molecule has 2 nitrogen and oxygen atoms in total. The molecular formula is C6H6O2. The highest BCUT2D eigenvalue weighted by molar-refractivity contribution is 5.59. The fraction of sp³-hybridized carbons (Fsp3) is 0. The van der Waals surface area contributed by atoms with Crippen LogP contribution in [0.3, 0.4) is 0 Å². The zero-order chi connectivity index (χ0) is 4.69. The molecule has 0 fully saturated rings. The van der Waals surface area contributed by atoms with E-state index in [4.69, 9.17) is 4.42 Å². The van der Waals surface area contributed by atoms with Crippen molar-refractivity contribution in [3.05, 3.63) is 24.3 Å². The van der Waals surface area contributed by atoms with Crippen LogP contribution in [-0.4, -0.2) is 5.48 Å². The van der Waals surface area contributed by atoms with Crippen molar-refractivity contribution in [1.82, 2.24) is 0 Å². The molecule has 0 aliphatic rings. The minimum absolute atomic E-state index is 0. The molecule has 0 aliphatic carbocycles. The summed E-state index contributed by atoms with van der Waals surface area (Å²) in [5.41, 5.74) is 1.94. The van der Waals surface area contributed by atoms with E-state index in [0.29, 0.717) is 0 Å². The average molecular weight is 110 g/mol. The average Bonchev–Trinajstić information content (AvgIpc) is 2.22. The van der Waals surface area contributed by atoms with Gasteiger partial charge in [-0.2, -0.15) is 0 Å². The molecule has 0 atom stereocenters. The normalized spacial score (nSPS) is 9.50. The Morgan fingerprint density at radius 3 is 1.38 bits per heavy atom. The topological polar surface area (TPSA) is 44.6 Å². The largest absolute Gasteiger partial charge is 0.457 e. The van der Waals surface area contributed by atoms with Crippen molar-refractivity contribution >= 4 is 11.2 Å². The standard InChI is InChI=1S/C6H4O.H2O/c1-2-6-4-3-5(1)7-6;/h1-4H;1H2. The van der Waals surface area contributed by atoms with Crippen molar-refractivity contribution in [3.63, 3.8) is 0 Å². The van der Waals surface area contributed by atoms with Gasteiger partial charge in [-0.25, -0.2) is 0 Å². The lowest BCUT2D eigenvalue weighted by Crippen LogP contribution is -1.43. The quantitative estimate of drug-likeness (QED) is 0.499. The number of hydrogen-bond donors (Lipinski definition) is 0. The zero-order valence-electron chi connectivity index (χ0n) is 4.22. The van der Waals surface area contributed by atoms with E-state index < -0.39 is 0 Å². The van der Waals surface area contributed by atoms with Crippen molar-refractivity contribution in [3.8, 4) is 0 Å². The van der Waals surface area contributed by atoms with E-state index in [1.807, 2.05) is 24.3 Å². The van der Waals surface area contributed by atoms with Gasteiger partial charge in [0.2, 0.25) is 0 Å². The van der Waals surface area contributed by atoms with Gasteiger partial charge in [0.15, 0.2) is 0 Å². The Bertz CT molecular complexity index is 203. The lowest BCUT2D eigenvalue weighted by molar-refractivity contribution is 0.675. The molecule has 0 aliphatic heterocycles. The molecule has 42 valence electrons. The predicted molar refractivity (Wildman–Crippen MR) is 31.0 cm³/mol. The van der Waals surface area contributed by atoms with Crippen molar-refractivity contribution < 1.29 is 9.89 Å². The van der Waals surface area contributed by atoms with Gasteiger partial charge in [-0.3, -0.25) is 0 Å². The molecule has 0 saturated heterocycles. The van der Waals surface area contributed by atoms with Crippen LogP contribution in [0, 0.1) is 0 Å². The second-order valence-electron chi connectivity index (χ2n) is 1.57. The molecule has 2 rings (SSSR count). The highest BCUT2D eigenvalue weighted by Gasteiger charge is 1.91. The number of fused-ring (bicyclic) bond motifs is 2. The van der Waals surface area contributed by atoms with Crippen molar-refractivity contribution in [1.29, 1.82) is 0 Å². The number of hydrogen-bond acceptors (Lipinski definition) is 1. The van der Waals surface area contributed by atoms with Crippen LogP contribution in [-0.2, 0) is 0 Å². The molecule has 2 aromatic rings. The van der Waals surface area contributed by atoms with E-state index in [2.05, 4.69) is 0 Å². The summed E-state index contributed by atoms with van der Waals surface area (Å²) in [6.07, 6.45) is 0. The molecule has 2 bridgehead atoms. The maximum absolute atomic E-state index is 5.08. The highest BCUT2D eigenvalue weighted by Crippen LogP contribution is 2.13. The maximum Gasteiger partial charge on any atom is 0.127 e. The van der Waals surface area contributed by atoms with Gasteiger partial charge in [0.1, 0.15) is 11.2 Å². The summed E-state index contributed by atoms with van der Waals surface area (Å²) >= 11 is 0. The van der Waals surface area contributed by atoms with Gasteiger partial charge in [-0.05, 0) is 24.3 Å². The van der Waals surface area contributed by atoms with Gasteiger partial charge in [-0.1, -0.05) is 0 Å². The Balaban J connectivity index is 0.000000320. The molecule has 0 aromatic carbocycles. The Morgan fingerprint density at radius 2 is 1.25 bits per heavy atom. The van der Waals surface area contributed by atoms with Gasteiger partial charge >= 0.3 is 0 Å². The van der Waals surface area contributed by atoms with Gasteiger partial charge < -0.3 is 9.89 Å². The minimum Gasteiger partial charge on any atom is -0.457 e. The van der Waals surface area contributed by atoms with E-state index in [1.165, 1.54) is 0 Å². The highest BCUT2D eigenvalue weighted by atomic mass is 16.3. The van der Waals surface area contributed by atoms with Crippen LogP contribution < -0.4 is 0 Å². The lowest BCUT2D eigenvalue weighted by Gasteiger charge is -1.60. The summed E-state index contributed by atoms with van der Waals surface area (Å²) in [5, 5.41) is 0. The fourth-order valence-corrected chi connectivity index (χ4v) is 0.712. The van der Waals surface area contributed by atoms with Crippen molar-refractivity contribution in [2.75, 3.05) is 0 Å². The van der Waals surface area contributed by atoms with E-state index >= 15 is 0 Å². The third-order valence-electron chi connectivity index (χ3n) is 1.06. The Hall–Kier alpha value is -1.02. The van der Waals surface area contributed by atoms with Gasteiger partial charge in [0, 0.05) is 0 Å². The first-order valence-electron chi connectivity index (χ1n) is 2.23. The lowest BCUT2D eigenvalue weighted by atomic mass is 10.4. The van der Waals surface area contributed by atoms with Crippen LogP contribution >= 0.6 is 0 Å². The maximum atomic E-state index is 5.08. The van der Waals surface area contributed by atoms with Crippen molar-refractivity contribution in [2.45, 2.75) is 0 Å². The first kappa shape index (κ1) is 5.12. The molecular weight excluding hydrogens is 104 g/mol. The fourth-order valence-electron chi connectivity index (χ4n) is 0.712. The van der Waals surface area contributed by atoms with Gasteiger partial charge in [-0.15, -0.1) is 0 Å². The Kier molecular flexibility index (Phi) is 0.954. The van der Waals surface area contributed by atoms with Crippen molar-refractivity contribution in [2.24, 2.45) is 0 Å². The number of furan rings is 2. The molecule has 0 unspecified atom stereocenters. The van der Waals surface area contributed by atoms with Crippen LogP contribution in [0.2, 0.25) is 0 Å².